The largest absolute Gasteiger partial charge is 0.444 e. The summed E-state index contributed by atoms with van der Waals surface area (Å²) in [7, 11) is -2.80. The zero-order valence-electron chi connectivity index (χ0n) is 20.7. The Kier molecular flexibility index (Phi) is 7.51. The number of rotatable bonds is 5. The fraction of sp³-hybridized carbons (Fsp3) is 0.444. The molecule has 5 nitrogen and oxygen atoms in total. The quantitative estimate of drug-likeness (QED) is 0.531. The average Bonchev–Trinajstić information content (AvgIpc) is 2.76. The lowest BCUT2D eigenvalue weighted by molar-refractivity contribution is 0.0184. The van der Waals surface area contributed by atoms with E-state index in [0.717, 1.165) is 5.57 Å². The highest BCUT2D eigenvalue weighted by Gasteiger charge is 2.51. The first-order chi connectivity index (χ1) is 15.5. The van der Waals surface area contributed by atoms with E-state index in [1.54, 1.807) is 4.90 Å². The summed E-state index contributed by atoms with van der Waals surface area (Å²) in [5.74, 6) is 0. The van der Waals surface area contributed by atoms with E-state index < -0.39 is 20.0 Å². The number of nitrogens with zero attached hydrogens (tertiary/aromatic N) is 1. The maximum absolute atomic E-state index is 12.9. The number of hydrogen-bond donors (Lipinski definition) is 1. The molecular formula is C27H37NO4Si. The van der Waals surface area contributed by atoms with Crippen LogP contribution in [0.15, 0.2) is 72.3 Å². The van der Waals surface area contributed by atoms with E-state index in [4.69, 9.17) is 9.16 Å². The second-order valence-electron chi connectivity index (χ2n) is 10.7. The minimum Gasteiger partial charge on any atom is -0.444 e. The van der Waals surface area contributed by atoms with Gasteiger partial charge in [0.05, 0.1) is 19.3 Å². The van der Waals surface area contributed by atoms with Crippen LogP contribution in [0.1, 0.15) is 41.5 Å². The number of aliphatic hydroxyl groups excluding tert-OH is 1. The Hall–Kier alpha value is -2.41. The molecule has 6 heteroatoms. The van der Waals surface area contributed by atoms with E-state index in [9.17, 15) is 9.90 Å². The number of ether oxygens (including phenoxy) is 1. The lowest BCUT2D eigenvalue weighted by Gasteiger charge is -2.46. The Balaban J connectivity index is 2.06. The van der Waals surface area contributed by atoms with E-state index in [1.165, 1.54) is 10.4 Å². The summed E-state index contributed by atoms with van der Waals surface area (Å²) in [6.45, 7) is 12.8. The Morgan fingerprint density at radius 1 is 0.970 bits per heavy atom. The van der Waals surface area contributed by atoms with E-state index in [-0.39, 0.29) is 17.7 Å². The van der Waals surface area contributed by atoms with Crippen LogP contribution in [0.4, 0.5) is 4.79 Å². The Morgan fingerprint density at radius 2 is 1.48 bits per heavy atom. The number of carbonyl (C=O) groups excluding carboxylic acids is 1. The van der Waals surface area contributed by atoms with E-state index in [0.29, 0.717) is 13.1 Å². The minimum atomic E-state index is -2.80. The van der Waals surface area contributed by atoms with Crippen molar-refractivity contribution in [1.29, 1.82) is 0 Å². The zero-order chi connectivity index (χ0) is 24.3. The standard InChI is InChI=1S/C27H37NO4Si/c1-26(2,3)31-25(30)28-18-21(20-29)17-22(19-28)32-33(27(4,5)6,23-13-9-7-10-14-23)24-15-11-8-12-16-24/h7-17,22,29H,18-20H2,1-6H3. The van der Waals surface area contributed by atoms with Gasteiger partial charge in [0.2, 0.25) is 0 Å². The SMILES string of the molecule is CC(C)(C)OC(=O)N1CC(CO)=CC(O[Si](c2ccccc2)(c2ccccc2)C(C)(C)C)C1. The molecule has 33 heavy (non-hydrogen) atoms. The van der Waals surface area contributed by atoms with Crippen LogP contribution in [0.3, 0.4) is 0 Å². The van der Waals surface area contributed by atoms with Gasteiger partial charge in [0, 0.05) is 6.54 Å². The van der Waals surface area contributed by atoms with Gasteiger partial charge in [-0.1, -0.05) is 87.5 Å². The number of aliphatic hydroxyl groups is 1. The monoisotopic (exact) mass is 467 g/mol. The molecule has 1 aliphatic heterocycles. The average molecular weight is 468 g/mol. The van der Waals surface area contributed by atoms with E-state index in [1.807, 2.05) is 39.0 Å². The molecule has 0 aliphatic carbocycles. The fourth-order valence-corrected chi connectivity index (χ4v) is 9.06. The number of benzene rings is 2. The first-order valence-electron chi connectivity index (χ1n) is 11.5. The van der Waals surface area contributed by atoms with Gasteiger partial charge in [-0.15, -0.1) is 0 Å². The maximum atomic E-state index is 12.9. The molecule has 0 spiro atoms. The summed E-state index contributed by atoms with van der Waals surface area (Å²) in [5, 5.41) is 12.1. The van der Waals surface area contributed by atoms with Crippen molar-refractivity contribution >= 4 is 24.8 Å². The number of carbonyl (C=O) groups is 1. The Morgan fingerprint density at radius 3 is 1.91 bits per heavy atom. The second kappa shape index (κ2) is 9.83. The summed E-state index contributed by atoms with van der Waals surface area (Å²) in [6, 6.07) is 20.8. The summed E-state index contributed by atoms with van der Waals surface area (Å²) in [4.78, 5) is 14.5. The van der Waals surface area contributed by atoms with Crippen molar-refractivity contribution in [2.75, 3.05) is 19.7 Å². The van der Waals surface area contributed by atoms with Gasteiger partial charge in [0.25, 0.3) is 8.32 Å². The minimum absolute atomic E-state index is 0.125. The summed E-state index contributed by atoms with van der Waals surface area (Å²) in [6.07, 6.45) is 1.23. The van der Waals surface area contributed by atoms with Crippen molar-refractivity contribution in [2.45, 2.75) is 58.3 Å². The van der Waals surface area contributed by atoms with Crippen LogP contribution < -0.4 is 10.4 Å². The van der Waals surface area contributed by atoms with Crippen LogP contribution >= 0.6 is 0 Å². The third-order valence-electron chi connectivity index (χ3n) is 5.82. The fourth-order valence-electron chi connectivity index (χ4n) is 4.45. The molecule has 3 rings (SSSR count). The van der Waals surface area contributed by atoms with Crippen molar-refractivity contribution in [3.8, 4) is 0 Å². The molecule has 1 aliphatic rings. The molecule has 178 valence electrons. The molecule has 2 aromatic carbocycles. The molecule has 0 radical (unpaired) electrons. The smallest absolute Gasteiger partial charge is 0.410 e. The van der Waals surface area contributed by atoms with Crippen LogP contribution in [0.2, 0.25) is 5.04 Å². The first-order valence-corrected chi connectivity index (χ1v) is 13.4. The molecule has 2 aromatic rings. The highest BCUT2D eigenvalue weighted by Crippen LogP contribution is 2.38. The first kappa shape index (κ1) is 25.2. The molecule has 1 heterocycles. The van der Waals surface area contributed by atoms with Gasteiger partial charge >= 0.3 is 6.09 Å². The van der Waals surface area contributed by atoms with Crippen molar-refractivity contribution in [3.05, 3.63) is 72.3 Å². The van der Waals surface area contributed by atoms with Gasteiger partial charge in [-0.2, -0.15) is 0 Å². The summed E-state index contributed by atoms with van der Waals surface area (Å²) in [5.41, 5.74) is 0.168. The summed E-state index contributed by atoms with van der Waals surface area (Å²) < 4.78 is 12.8. The molecule has 1 amide bonds. The molecule has 0 fully saturated rings. The Labute approximate surface area is 199 Å². The van der Waals surface area contributed by atoms with Crippen molar-refractivity contribution < 1.29 is 19.1 Å². The predicted molar refractivity (Wildman–Crippen MR) is 135 cm³/mol. The van der Waals surface area contributed by atoms with E-state index >= 15 is 0 Å². The van der Waals surface area contributed by atoms with Gasteiger partial charge in [-0.05, 0) is 41.8 Å². The molecule has 0 saturated carbocycles. The highest BCUT2D eigenvalue weighted by molar-refractivity contribution is 6.99. The molecule has 1 unspecified atom stereocenters. The molecule has 0 bridgehead atoms. The third kappa shape index (κ3) is 5.75. The second-order valence-corrected chi connectivity index (χ2v) is 14.9. The maximum Gasteiger partial charge on any atom is 0.410 e. The molecule has 1 N–H and O–H groups in total. The van der Waals surface area contributed by atoms with Gasteiger partial charge in [-0.25, -0.2) is 4.79 Å². The summed E-state index contributed by atoms with van der Waals surface area (Å²) >= 11 is 0. The Bertz CT molecular complexity index is 922. The predicted octanol–water partition coefficient (Wildman–Crippen LogP) is 4.10. The molecule has 0 aromatic heterocycles. The van der Waals surface area contributed by atoms with Crippen molar-refractivity contribution in [2.24, 2.45) is 0 Å². The van der Waals surface area contributed by atoms with Gasteiger partial charge in [0.15, 0.2) is 0 Å². The van der Waals surface area contributed by atoms with Crippen LogP contribution in [-0.4, -0.2) is 55.8 Å². The van der Waals surface area contributed by atoms with Crippen LogP contribution in [0, 0.1) is 0 Å². The van der Waals surface area contributed by atoms with Gasteiger partial charge in [0.1, 0.15) is 5.60 Å². The van der Waals surface area contributed by atoms with Gasteiger partial charge in [-0.3, -0.25) is 0 Å². The molecular weight excluding hydrogens is 430 g/mol. The van der Waals surface area contributed by atoms with Crippen LogP contribution in [-0.2, 0) is 9.16 Å². The third-order valence-corrected chi connectivity index (χ3v) is 10.9. The van der Waals surface area contributed by atoms with Crippen molar-refractivity contribution in [1.82, 2.24) is 4.90 Å². The van der Waals surface area contributed by atoms with Crippen molar-refractivity contribution in [3.63, 3.8) is 0 Å². The van der Waals surface area contributed by atoms with E-state index in [2.05, 4.69) is 69.3 Å². The number of amides is 1. The number of hydrogen-bond acceptors (Lipinski definition) is 4. The lowest BCUT2D eigenvalue weighted by Crippen LogP contribution is -2.68. The zero-order valence-corrected chi connectivity index (χ0v) is 21.7. The van der Waals surface area contributed by atoms with Gasteiger partial charge < -0.3 is 19.2 Å². The normalized spacial score (nSPS) is 17.5. The lowest BCUT2D eigenvalue weighted by atomic mass is 10.1. The van der Waals surface area contributed by atoms with Crippen LogP contribution in [0.25, 0.3) is 0 Å². The topological polar surface area (TPSA) is 59.0 Å². The molecule has 0 saturated heterocycles. The van der Waals surface area contributed by atoms with Crippen LogP contribution in [0.5, 0.6) is 0 Å². The highest BCUT2D eigenvalue weighted by atomic mass is 28.4. The molecule has 1 atom stereocenters.